The van der Waals surface area contributed by atoms with E-state index in [2.05, 4.69) is 20.2 Å². The third-order valence-electron chi connectivity index (χ3n) is 7.23. The smallest absolute Gasteiger partial charge is 0.410 e. The van der Waals surface area contributed by atoms with E-state index in [9.17, 15) is 9.59 Å². The Hall–Kier alpha value is -4.11. The lowest BCUT2D eigenvalue weighted by Gasteiger charge is -2.37. The summed E-state index contributed by atoms with van der Waals surface area (Å²) in [6.07, 6.45) is 3.07. The van der Waals surface area contributed by atoms with E-state index in [0.29, 0.717) is 59.4 Å². The van der Waals surface area contributed by atoms with Crippen molar-refractivity contribution in [2.45, 2.75) is 53.2 Å². The van der Waals surface area contributed by atoms with Gasteiger partial charge in [0.1, 0.15) is 22.1 Å². The lowest BCUT2D eigenvalue weighted by Crippen LogP contribution is -2.50. The van der Waals surface area contributed by atoms with Gasteiger partial charge in [-0.1, -0.05) is 17.7 Å². The molecule has 1 saturated heterocycles. The second-order valence-corrected chi connectivity index (χ2v) is 12.1. The van der Waals surface area contributed by atoms with Crippen molar-refractivity contribution in [1.29, 1.82) is 0 Å². The van der Waals surface area contributed by atoms with Gasteiger partial charge in [0.05, 0.1) is 17.1 Å². The number of benzene rings is 1. The molecule has 0 aliphatic carbocycles. The molecule has 1 aromatic carbocycles. The maximum absolute atomic E-state index is 13.5. The van der Waals surface area contributed by atoms with E-state index in [1.165, 1.54) is 0 Å². The number of amides is 1. The van der Waals surface area contributed by atoms with Gasteiger partial charge >= 0.3 is 6.09 Å². The normalized spacial score (nSPS) is 14.6. The Morgan fingerprint density at radius 2 is 1.86 bits per heavy atom. The molecule has 1 N–H and O–H groups in total. The van der Waals surface area contributed by atoms with Crippen LogP contribution in [0.25, 0.3) is 22.3 Å². The fourth-order valence-corrected chi connectivity index (χ4v) is 5.32. The van der Waals surface area contributed by atoms with Crippen LogP contribution in [0, 0.1) is 13.8 Å². The summed E-state index contributed by atoms with van der Waals surface area (Å²) in [6.45, 7) is 13.5. The predicted molar refractivity (Wildman–Crippen MR) is 166 cm³/mol. The molecule has 1 amide bonds. The number of nitrogens with one attached hydrogen (secondary N) is 1. The van der Waals surface area contributed by atoms with Gasteiger partial charge in [0, 0.05) is 55.3 Å². The van der Waals surface area contributed by atoms with Gasteiger partial charge in [-0.25, -0.2) is 9.78 Å². The summed E-state index contributed by atoms with van der Waals surface area (Å²) in [7, 11) is 0. The quantitative estimate of drug-likeness (QED) is 0.255. The SMILES string of the molecule is Cc1cc([C@@H](C)Nc2ccc(Cl)nc2N2CCN(C(=O)OC(C)(C)C)CC2)c2oc(-c3cccnc3)c(C)c(=O)c2c1. The Morgan fingerprint density at radius 1 is 1.12 bits per heavy atom. The molecular weight excluding hydrogens is 554 g/mol. The van der Waals surface area contributed by atoms with Gasteiger partial charge in [-0.2, -0.15) is 0 Å². The number of fused-ring (bicyclic) bond motifs is 1. The van der Waals surface area contributed by atoms with Gasteiger partial charge in [0.15, 0.2) is 11.2 Å². The number of nitrogens with zero attached hydrogens (tertiary/aromatic N) is 4. The van der Waals surface area contributed by atoms with Crippen LogP contribution < -0.4 is 15.6 Å². The molecule has 1 aliphatic heterocycles. The highest BCUT2D eigenvalue weighted by atomic mass is 35.5. The number of hydrogen-bond acceptors (Lipinski definition) is 8. The summed E-state index contributed by atoms with van der Waals surface area (Å²) in [6, 6.07) is 11.0. The van der Waals surface area contributed by atoms with Crippen molar-refractivity contribution in [2.75, 3.05) is 36.4 Å². The lowest BCUT2D eigenvalue weighted by atomic mass is 9.99. The van der Waals surface area contributed by atoms with E-state index in [4.69, 9.17) is 20.8 Å². The number of rotatable bonds is 5. The molecule has 0 bridgehead atoms. The molecule has 0 radical (unpaired) electrons. The minimum Gasteiger partial charge on any atom is -0.455 e. The van der Waals surface area contributed by atoms with Crippen LogP contribution in [0.5, 0.6) is 0 Å². The Balaban J connectivity index is 1.45. The molecule has 4 aromatic rings. The molecule has 220 valence electrons. The molecular formula is C32H36ClN5O4. The van der Waals surface area contributed by atoms with E-state index in [1.807, 2.05) is 65.0 Å². The fourth-order valence-electron chi connectivity index (χ4n) is 5.18. The molecule has 10 heteroatoms. The molecule has 0 unspecified atom stereocenters. The zero-order valence-corrected chi connectivity index (χ0v) is 25.6. The highest BCUT2D eigenvalue weighted by Gasteiger charge is 2.28. The number of pyridine rings is 2. The lowest BCUT2D eigenvalue weighted by molar-refractivity contribution is 0.0240. The topological polar surface area (TPSA) is 101 Å². The largest absolute Gasteiger partial charge is 0.455 e. The summed E-state index contributed by atoms with van der Waals surface area (Å²) in [5.41, 5.74) is 3.80. The number of halogens is 1. The number of piperazine rings is 1. The third kappa shape index (κ3) is 6.21. The van der Waals surface area contributed by atoms with Crippen LogP contribution in [-0.4, -0.2) is 52.7 Å². The minimum atomic E-state index is -0.549. The monoisotopic (exact) mass is 589 g/mol. The third-order valence-corrected chi connectivity index (χ3v) is 7.44. The van der Waals surface area contributed by atoms with E-state index < -0.39 is 5.60 Å². The molecule has 5 rings (SSSR count). The molecule has 1 fully saturated rings. The van der Waals surface area contributed by atoms with E-state index in [1.54, 1.807) is 30.3 Å². The van der Waals surface area contributed by atoms with Crippen molar-refractivity contribution >= 4 is 40.2 Å². The first-order chi connectivity index (χ1) is 19.9. The number of carbonyl (C=O) groups excluding carboxylic acids is 1. The van der Waals surface area contributed by atoms with Crippen LogP contribution >= 0.6 is 11.6 Å². The highest BCUT2D eigenvalue weighted by molar-refractivity contribution is 6.29. The Kier molecular flexibility index (Phi) is 8.14. The zero-order chi connectivity index (χ0) is 30.2. The van der Waals surface area contributed by atoms with Gasteiger partial charge in [0.25, 0.3) is 0 Å². The van der Waals surface area contributed by atoms with E-state index in [0.717, 1.165) is 22.4 Å². The van der Waals surface area contributed by atoms with Crippen LogP contribution in [0.4, 0.5) is 16.3 Å². The first-order valence-electron chi connectivity index (χ1n) is 14.1. The minimum absolute atomic E-state index is 0.0658. The summed E-state index contributed by atoms with van der Waals surface area (Å²) >= 11 is 6.34. The molecule has 1 atom stereocenters. The second-order valence-electron chi connectivity index (χ2n) is 11.7. The van der Waals surface area contributed by atoms with Crippen molar-refractivity contribution in [1.82, 2.24) is 14.9 Å². The first kappa shape index (κ1) is 29.4. The predicted octanol–water partition coefficient (Wildman–Crippen LogP) is 6.75. The van der Waals surface area contributed by atoms with Crippen LogP contribution in [0.15, 0.2) is 58.0 Å². The van der Waals surface area contributed by atoms with Crippen molar-refractivity contribution in [2.24, 2.45) is 0 Å². The Bertz CT molecular complexity index is 1670. The molecule has 3 aromatic heterocycles. The van der Waals surface area contributed by atoms with Crippen LogP contribution in [-0.2, 0) is 4.74 Å². The molecule has 9 nitrogen and oxygen atoms in total. The average molecular weight is 590 g/mol. The molecule has 4 heterocycles. The van der Waals surface area contributed by atoms with Gasteiger partial charge < -0.3 is 24.3 Å². The summed E-state index contributed by atoms with van der Waals surface area (Å²) < 4.78 is 12.0. The Labute approximate surface area is 250 Å². The molecule has 42 heavy (non-hydrogen) atoms. The summed E-state index contributed by atoms with van der Waals surface area (Å²) in [5.74, 6) is 1.21. The Morgan fingerprint density at radius 3 is 2.52 bits per heavy atom. The van der Waals surface area contributed by atoms with Gasteiger partial charge in [0.2, 0.25) is 0 Å². The van der Waals surface area contributed by atoms with Crippen molar-refractivity contribution in [3.8, 4) is 11.3 Å². The number of ether oxygens (including phenoxy) is 1. The second kappa shape index (κ2) is 11.6. The first-order valence-corrected chi connectivity index (χ1v) is 14.4. The van der Waals surface area contributed by atoms with Crippen LogP contribution in [0.2, 0.25) is 5.15 Å². The van der Waals surface area contributed by atoms with Crippen molar-refractivity contribution < 1.29 is 13.9 Å². The highest BCUT2D eigenvalue weighted by Crippen LogP contribution is 2.34. The van der Waals surface area contributed by atoms with Gasteiger partial charge in [-0.15, -0.1) is 0 Å². The number of aryl methyl sites for hydroxylation is 1. The maximum Gasteiger partial charge on any atom is 0.410 e. The van der Waals surface area contributed by atoms with Crippen molar-refractivity contribution in [3.63, 3.8) is 0 Å². The van der Waals surface area contributed by atoms with Crippen LogP contribution in [0.1, 0.15) is 50.4 Å². The van der Waals surface area contributed by atoms with Gasteiger partial charge in [-0.05, 0) is 77.4 Å². The summed E-state index contributed by atoms with van der Waals surface area (Å²) in [4.78, 5) is 38.7. The van der Waals surface area contributed by atoms with Crippen molar-refractivity contribution in [3.05, 3.63) is 80.9 Å². The molecule has 0 saturated carbocycles. The standard InChI is InChI=1S/C32H36ClN5O4/c1-19-16-23(29-24(17-19)27(39)20(2)28(41-29)22-8-7-11-34-18-22)21(3)35-25-9-10-26(33)36-30(25)37-12-14-38(15-13-37)31(40)42-32(4,5)6/h7-11,16-18,21,35H,12-15H2,1-6H3/t21-/m1/s1. The zero-order valence-electron chi connectivity index (χ0n) is 24.8. The van der Waals surface area contributed by atoms with E-state index in [-0.39, 0.29) is 17.6 Å². The van der Waals surface area contributed by atoms with Crippen LogP contribution in [0.3, 0.4) is 0 Å². The number of carbonyl (C=O) groups is 1. The summed E-state index contributed by atoms with van der Waals surface area (Å²) in [5, 5.41) is 4.50. The van der Waals surface area contributed by atoms with Gasteiger partial charge in [-0.3, -0.25) is 9.78 Å². The fraction of sp³-hybridized carbons (Fsp3) is 0.375. The number of aromatic nitrogens is 2. The molecule has 0 spiro atoms. The molecule has 1 aliphatic rings. The number of hydrogen-bond donors (Lipinski definition) is 1. The average Bonchev–Trinajstić information content (AvgIpc) is 2.95. The maximum atomic E-state index is 13.5. The van der Waals surface area contributed by atoms with E-state index >= 15 is 0 Å². The number of anilines is 2.